The number of carbonyl (C=O) groups is 1. The second-order valence-electron chi connectivity index (χ2n) is 4.15. The molecule has 1 aromatic carbocycles. The minimum absolute atomic E-state index is 0.203. The van der Waals surface area contributed by atoms with Gasteiger partial charge < -0.3 is 10.1 Å². The van der Waals surface area contributed by atoms with Crippen molar-refractivity contribution in [1.82, 2.24) is 5.32 Å². The highest BCUT2D eigenvalue weighted by Crippen LogP contribution is 2.24. The SMILES string of the molecule is CC1CNC(C(=O)Oc2ccccc2Cl)C1. The van der Waals surface area contributed by atoms with Crippen molar-refractivity contribution in [2.75, 3.05) is 6.54 Å². The summed E-state index contributed by atoms with van der Waals surface area (Å²) in [7, 11) is 0. The molecule has 2 atom stereocenters. The highest BCUT2D eigenvalue weighted by atomic mass is 35.5. The molecule has 0 amide bonds. The molecular weight excluding hydrogens is 226 g/mol. The molecule has 0 aliphatic carbocycles. The van der Waals surface area contributed by atoms with Gasteiger partial charge in [0.05, 0.1) is 5.02 Å². The summed E-state index contributed by atoms with van der Waals surface area (Å²) < 4.78 is 5.24. The topological polar surface area (TPSA) is 38.3 Å². The summed E-state index contributed by atoms with van der Waals surface area (Å²) >= 11 is 5.91. The Labute approximate surface area is 99.7 Å². The molecule has 0 saturated carbocycles. The molecule has 1 aliphatic rings. The maximum Gasteiger partial charge on any atom is 0.328 e. The van der Waals surface area contributed by atoms with Crippen molar-refractivity contribution in [3.05, 3.63) is 29.3 Å². The number of benzene rings is 1. The molecule has 3 nitrogen and oxygen atoms in total. The monoisotopic (exact) mass is 239 g/mol. The number of hydrogen-bond donors (Lipinski definition) is 1. The number of carbonyl (C=O) groups excluding carboxylic acids is 1. The Morgan fingerprint density at radius 1 is 1.50 bits per heavy atom. The molecular formula is C12H14ClNO2. The maximum atomic E-state index is 11.8. The van der Waals surface area contributed by atoms with Crippen molar-refractivity contribution >= 4 is 17.6 Å². The highest BCUT2D eigenvalue weighted by Gasteiger charge is 2.28. The van der Waals surface area contributed by atoms with Crippen LogP contribution in [0.1, 0.15) is 13.3 Å². The number of para-hydroxylation sites is 1. The van der Waals surface area contributed by atoms with E-state index in [2.05, 4.69) is 12.2 Å². The zero-order valence-corrected chi connectivity index (χ0v) is 9.83. The summed E-state index contributed by atoms with van der Waals surface area (Å²) in [5, 5.41) is 3.59. The molecule has 0 bridgehead atoms. The zero-order chi connectivity index (χ0) is 11.5. The Bertz CT molecular complexity index is 394. The molecule has 0 radical (unpaired) electrons. The van der Waals surface area contributed by atoms with Gasteiger partial charge in [-0.05, 0) is 31.0 Å². The normalized spacial score (nSPS) is 24.4. The van der Waals surface area contributed by atoms with Crippen LogP contribution < -0.4 is 10.1 Å². The van der Waals surface area contributed by atoms with Crippen molar-refractivity contribution in [1.29, 1.82) is 0 Å². The van der Waals surface area contributed by atoms with Gasteiger partial charge in [0.2, 0.25) is 0 Å². The van der Waals surface area contributed by atoms with Crippen LogP contribution in [0.4, 0.5) is 0 Å². The lowest BCUT2D eigenvalue weighted by Crippen LogP contribution is -2.34. The fourth-order valence-electron chi connectivity index (χ4n) is 1.80. The van der Waals surface area contributed by atoms with Crippen LogP contribution >= 0.6 is 11.6 Å². The van der Waals surface area contributed by atoms with Crippen LogP contribution in [0.5, 0.6) is 5.75 Å². The molecule has 0 aromatic heterocycles. The quantitative estimate of drug-likeness (QED) is 0.636. The zero-order valence-electron chi connectivity index (χ0n) is 9.07. The highest BCUT2D eigenvalue weighted by molar-refractivity contribution is 6.32. The van der Waals surface area contributed by atoms with E-state index in [1.165, 1.54) is 0 Å². The standard InChI is InChI=1S/C12H14ClNO2/c1-8-6-10(14-7-8)12(15)16-11-5-3-2-4-9(11)13/h2-5,8,10,14H,6-7H2,1H3. The van der Waals surface area contributed by atoms with Gasteiger partial charge in [-0.3, -0.25) is 0 Å². The van der Waals surface area contributed by atoms with Crippen molar-refractivity contribution in [2.24, 2.45) is 5.92 Å². The van der Waals surface area contributed by atoms with E-state index in [-0.39, 0.29) is 12.0 Å². The number of rotatable bonds is 2. The van der Waals surface area contributed by atoms with E-state index >= 15 is 0 Å². The molecule has 2 rings (SSSR count). The third kappa shape index (κ3) is 2.54. The first-order chi connectivity index (χ1) is 7.66. The van der Waals surface area contributed by atoms with Crippen molar-refractivity contribution < 1.29 is 9.53 Å². The molecule has 1 aromatic rings. The van der Waals surface area contributed by atoms with Gasteiger partial charge in [-0.2, -0.15) is 0 Å². The summed E-state index contributed by atoms with van der Waals surface area (Å²) in [6.07, 6.45) is 0.823. The predicted molar refractivity (Wildman–Crippen MR) is 62.7 cm³/mol. The van der Waals surface area contributed by atoms with Crippen LogP contribution in [0, 0.1) is 5.92 Å². The van der Waals surface area contributed by atoms with Crippen LogP contribution in [0.3, 0.4) is 0 Å². The molecule has 1 N–H and O–H groups in total. The molecule has 1 aliphatic heterocycles. The van der Waals surface area contributed by atoms with Crippen molar-refractivity contribution in [3.8, 4) is 5.75 Å². The van der Waals surface area contributed by atoms with Crippen molar-refractivity contribution in [2.45, 2.75) is 19.4 Å². The molecule has 2 unspecified atom stereocenters. The second kappa shape index (κ2) is 4.85. The van der Waals surface area contributed by atoms with Crippen LogP contribution in [0.25, 0.3) is 0 Å². The smallest absolute Gasteiger partial charge is 0.328 e. The van der Waals surface area contributed by atoms with Crippen LogP contribution in [0.15, 0.2) is 24.3 Å². The van der Waals surface area contributed by atoms with Gasteiger partial charge >= 0.3 is 5.97 Å². The third-order valence-electron chi connectivity index (χ3n) is 2.68. The number of ether oxygens (including phenoxy) is 1. The fraction of sp³-hybridized carbons (Fsp3) is 0.417. The molecule has 4 heteroatoms. The number of hydrogen-bond acceptors (Lipinski definition) is 3. The van der Waals surface area contributed by atoms with E-state index in [4.69, 9.17) is 16.3 Å². The van der Waals surface area contributed by atoms with Crippen LogP contribution in [-0.2, 0) is 4.79 Å². The lowest BCUT2D eigenvalue weighted by atomic mass is 10.1. The minimum atomic E-state index is -0.252. The summed E-state index contributed by atoms with van der Waals surface area (Å²) in [6.45, 7) is 2.97. The summed E-state index contributed by atoms with van der Waals surface area (Å²) in [6, 6.07) is 6.79. The first-order valence-corrected chi connectivity index (χ1v) is 5.74. The Hall–Kier alpha value is -1.06. The van der Waals surface area contributed by atoms with Crippen LogP contribution in [0.2, 0.25) is 5.02 Å². The molecule has 1 fully saturated rings. The lowest BCUT2D eigenvalue weighted by molar-refractivity contribution is -0.136. The van der Waals surface area contributed by atoms with Gasteiger partial charge in [-0.25, -0.2) is 4.79 Å². The predicted octanol–water partition coefficient (Wildman–Crippen LogP) is 2.24. The Balaban J connectivity index is 2.00. The van der Waals surface area contributed by atoms with E-state index in [1.54, 1.807) is 24.3 Å². The molecule has 1 heterocycles. The largest absolute Gasteiger partial charge is 0.424 e. The minimum Gasteiger partial charge on any atom is -0.424 e. The Kier molecular flexibility index (Phi) is 3.46. The van der Waals surface area contributed by atoms with Crippen molar-refractivity contribution in [3.63, 3.8) is 0 Å². The molecule has 0 spiro atoms. The van der Waals surface area contributed by atoms with Gasteiger partial charge in [0.1, 0.15) is 11.8 Å². The first kappa shape index (κ1) is 11.4. The Morgan fingerprint density at radius 2 is 2.25 bits per heavy atom. The van der Waals surface area contributed by atoms with Gasteiger partial charge in [0, 0.05) is 0 Å². The van der Waals surface area contributed by atoms with Gasteiger partial charge in [0.15, 0.2) is 0 Å². The number of halogens is 1. The van der Waals surface area contributed by atoms with Gasteiger partial charge in [-0.15, -0.1) is 0 Å². The van der Waals surface area contributed by atoms with E-state index < -0.39 is 0 Å². The Morgan fingerprint density at radius 3 is 2.88 bits per heavy atom. The summed E-state index contributed by atoms with van der Waals surface area (Å²) in [5.74, 6) is 0.691. The summed E-state index contributed by atoms with van der Waals surface area (Å²) in [5.41, 5.74) is 0. The third-order valence-corrected chi connectivity index (χ3v) is 2.99. The second-order valence-corrected chi connectivity index (χ2v) is 4.56. The van der Waals surface area contributed by atoms with E-state index in [9.17, 15) is 4.79 Å². The van der Waals surface area contributed by atoms with Crippen LogP contribution in [-0.4, -0.2) is 18.6 Å². The summed E-state index contributed by atoms with van der Waals surface area (Å²) in [4.78, 5) is 11.8. The lowest BCUT2D eigenvalue weighted by Gasteiger charge is -2.10. The average molecular weight is 240 g/mol. The average Bonchev–Trinajstić information content (AvgIpc) is 2.68. The number of nitrogens with one attached hydrogen (secondary N) is 1. The first-order valence-electron chi connectivity index (χ1n) is 5.36. The van der Waals surface area contributed by atoms with E-state index in [1.807, 2.05) is 0 Å². The van der Waals surface area contributed by atoms with Gasteiger partial charge in [0.25, 0.3) is 0 Å². The molecule has 16 heavy (non-hydrogen) atoms. The molecule has 86 valence electrons. The maximum absolute atomic E-state index is 11.8. The van der Waals surface area contributed by atoms with E-state index in [0.717, 1.165) is 13.0 Å². The fourth-order valence-corrected chi connectivity index (χ4v) is 1.97. The van der Waals surface area contributed by atoms with E-state index in [0.29, 0.717) is 16.7 Å². The molecule has 1 saturated heterocycles. The number of esters is 1. The van der Waals surface area contributed by atoms with Gasteiger partial charge in [-0.1, -0.05) is 30.7 Å².